The second-order valence-electron chi connectivity index (χ2n) is 6.09. The first-order chi connectivity index (χ1) is 12.0. The van der Waals surface area contributed by atoms with E-state index in [0.29, 0.717) is 13.2 Å². The largest absolute Gasteiger partial charge is 0.370 e. The van der Waals surface area contributed by atoms with Gasteiger partial charge in [-0.2, -0.15) is 5.06 Å². The molecule has 3 heterocycles. The van der Waals surface area contributed by atoms with Crippen molar-refractivity contribution in [2.24, 2.45) is 5.73 Å². The van der Waals surface area contributed by atoms with E-state index in [4.69, 9.17) is 10.6 Å². The number of urea groups is 1. The quantitative estimate of drug-likeness (QED) is 0.803. The minimum Gasteiger partial charge on any atom is -0.370 e. The second kappa shape index (κ2) is 6.44. The normalized spacial score (nSPS) is 21.6. The molecule has 2 bridgehead atoms. The Hall–Kier alpha value is -1.90. The smallest absolute Gasteiger partial charge is 0.345 e. The van der Waals surface area contributed by atoms with Gasteiger partial charge in [0.25, 0.3) is 0 Å². The minimum absolute atomic E-state index is 0.116. The number of carbonyl (C=O) groups is 2. The van der Waals surface area contributed by atoms with Gasteiger partial charge in [0.05, 0.1) is 22.8 Å². The molecule has 1 saturated heterocycles. The van der Waals surface area contributed by atoms with Gasteiger partial charge in [0.15, 0.2) is 0 Å². The lowest BCUT2D eigenvalue weighted by Gasteiger charge is -2.29. The Morgan fingerprint density at radius 2 is 2.12 bits per heavy atom. The van der Waals surface area contributed by atoms with Gasteiger partial charge in [0, 0.05) is 4.88 Å². The molecule has 0 spiro atoms. The fraction of sp³-hybridized carbons (Fsp3) is 0.294. The maximum absolute atomic E-state index is 12.8. The molecule has 1 fully saturated rings. The van der Waals surface area contributed by atoms with Crippen molar-refractivity contribution in [2.45, 2.75) is 25.1 Å². The Labute approximate surface area is 157 Å². The number of carbonyl (C=O) groups excluding carboxylic acids is 2. The number of nitrogens with two attached hydrogens (primary N) is 1. The molecule has 0 aliphatic carbocycles. The molecular formula is C17H16BrN3O3S. The van der Waals surface area contributed by atoms with Crippen molar-refractivity contribution >= 4 is 39.2 Å². The summed E-state index contributed by atoms with van der Waals surface area (Å²) in [4.78, 5) is 32.8. The molecular weight excluding hydrogens is 406 g/mol. The summed E-state index contributed by atoms with van der Waals surface area (Å²) in [6.45, 7) is 0.819. The van der Waals surface area contributed by atoms with Crippen molar-refractivity contribution < 1.29 is 14.4 Å². The van der Waals surface area contributed by atoms with Crippen molar-refractivity contribution in [2.75, 3.05) is 6.54 Å². The van der Waals surface area contributed by atoms with Crippen LogP contribution >= 0.6 is 27.3 Å². The Bertz CT molecular complexity index is 826. The molecule has 2 aliphatic rings. The van der Waals surface area contributed by atoms with Crippen LogP contribution < -0.4 is 5.73 Å². The van der Waals surface area contributed by atoms with Crippen molar-refractivity contribution in [3.05, 3.63) is 56.2 Å². The van der Waals surface area contributed by atoms with Crippen LogP contribution in [-0.2, 0) is 16.2 Å². The first kappa shape index (κ1) is 16.6. The van der Waals surface area contributed by atoms with Crippen LogP contribution in [0.3, 0.4) is 0 Å². The van der Waals surface area contributed by atoms with Crippen LogP contribution in [0.1, 0.15) is 34.5 Å². The number of halogens is 1. The SMILES string of the molecule is NC(=O)C[C@@H]1c2sc(Br)cc2[C@H]2CN1C(=O)N2OCc1ccccc1. The maximum atomic E-state index is 12.8. The molecule has 2 aromatic rings. The Morgan fingerprint density at radius 3 is 2.84 bits per heavy atom. The van der Waals surface area contributed by atoms with Gasteiger partial charge in [-0.3, -0.25) is 9.63 Å². The number of amides is 3. The van der Waals surface area contributed by atoms with Gasteiger partial charge in [-0.05, 0) is 33.1 Å². The average Bonchev–Trinajstić information content (AvgIpc) is 3.10. The van der Waals surface area contributed by atoms with Crippen LogP contribution in [-0.4, -0.2) is 28.4 Å². The average molecular weight is 422 g/mol. The molecule has 0 saturated carbocycles. The van der Waals surface area contributed by atoms with E-state index in [-0.39, 0.29) is 24.5 Å². The molecule has 3 amide bonds. The third kappa shape index (κ3) is 2.94. The third-order valence-corrected chi connectivity index (χ3v) is 6.25. The van der Waals surface area contributed by atoms with Crippen LogP contribution in [0.15, 0.2) is 40.2 Å². The van der Waals surface area contributed by atoms with E-state index in [1.54, 1.807) is 4.90 Å². The number of hydrogen-bond acceptors (Lipinski definition) is 4. The molecule has 2 N–H and O–H groups in total. The van der Waals surface area contributed by atoms with E-state index in [1.165, 1.54) is 16.4 Å². The highest BCUT2D eigenvalue weighted by Crippen LogP contribution is 2.49. The van der Waals surface area contributed by atoms with Crippen molar-refractivity contribution in [1.82, 2.24) is 9.96 Å². The summed E-state index contributed by atoms with van der Waals surface area (Å²) in [5, 5.41) is 1.44. The Kier molecular flexibility index (Phi) is 4.26. The first-order valence-electron chi connectivity index (χ1n) is 7.88. The number of nitrogens with zero attached hydrogens (tertiary/aromatic N) is 2. The maximum Gasteiger partial charge on any atom is 0.345 e. The summed E-state index contributed by atoms with van der Waals surface area (Å²) >= 11 is 5.05. The zero-order valence-electron chi connectivity index (χ0n) is 13.2. The van der Waals surface area contributed by atoms with Crippen LogP contribution in [0.25, 0.3) is 0 Å². The second-order valence-corrected chi connectivity index (χ2v) is 8.55. The number of benzene rings is 1. The van der Waals surface area contributed by atoms with Crippen molar-refractivity contribution in [3.8, 4) is 0 Å². The highest BCUT2D eigenvalue weighted by atomic mass is 79.9. The van der Waals surface area contributed by atoms with E-state index in [2.05, 4.69) is 15.9 Å². The van der Waals surface area contributed by atoms with E-state index in [1.807, 2.05) is 36.4 Å². The van der Waals surface area contributed by atoms with E-state index in [0.717, 1.165) is 19.8 Å². The summed E-state index contributed by atoms with van der Waals surface area (Å²) in [5.74, 6) is -0.421. The van der Waals surface area contributed by atoms with Crippen LogP contribution in [0.2, 0.25) is 0 Å². The first-order valence-corrected chi connectivity index (χ1v) is 9.49. The lowest BCUT2D eigenvalue weighted by molar-refractivity contribution is -0.141. The summed E-state index contributed by atoms with van der Waals surface area (Å²) < 4.78 is 0.969. The fourth-order valence-corrected chi connectivity index (χ4v) is 5.22. The van der Waals surface area contributed by atoms with Gasteiger partial charge in [-0.15, -0.1) is 11.3 Å². The van der Waals surface area contributed by atoms with Gasteiger partial charge in [0.2, 0.25) is 5.91 Å². The van der Waals surface area contributed by atoms with Gasteiger partial charge >= 0.3 is 6.03 Å². The molecule has 4 rings (SSSR count). The topological polar surface area (TPSA) is 75.9 Å². The minimum atomic E-state index is -0.421. The monoisotopic (exact) mass is 421 g/mol. The summed E-state index contributed by atoms with van der Waals surface area (Å²) in [5.41, 5.74) is 7.42. The number of hydroxylamine groups is 2. The van der Waals surface area contributed by atoms with Gasteiger partial charge in [0.1, 0.15) is 12.6 Å². The molecule has 25 heavy (non-hydrogen) atoms. The molecule has 8 heteroatoms. The highest BCUT2D eigenvalue weighted by Gasteiger charge is 2.49. The highest BCUT2D eigenvalue weighted by molar-refractivity contribution is 9.11. The van der Waals surface area contributed by atoms with Crippen LogP contribution in [0.5, 0.6) is 0 Å². The van der Waals surface area contributed by atoms with E-state index < -0.39 is 5.91 Å². The summed E-state index contributed by atoms with van der Waals surface area (Å²) in [6.07, 6.45) is 0.116. The van der Waals surface area contributed by atoms with Crippen LogP contribution in [0, 0.1) is 0 Å². The fourth-order valence-electron chi connectivity index (χ4n) is 3.39. The molecule has 6 nitrogen and oxygen atoms in total. The Balaban J connectivity index is 1.62. The van der Waals surface area contributed by atoms with E-state index >= 15 is 0 Å². The third-order valence-electron chi connectivity index (χ3n) is 4.49. The molecule has 130 valence electrons. The Morgan fingerprint density at radius 1 is 1.36 bits per heavy atom. The van der Waals surface area contributed by atoms with Crippen LogP contribution in [0.4, 0.5) is 4.79 Å². The van der Waals surface area contributed by atoms with Gasteiger partial charge < -0.3 is 10.6 Å². The number of thiophene rings is 1. The van der Waals surface area contributed by atoms with E-state index in [9.17, 15) is 9.59 Å². The lowest BCUT2D eigenvalue weighted by Crippen LogP contribution is -2.36. The van der Waals surface area contributed by atoms with Gasteiger partial charge in [-0.25, -0.2) is 4.79 Å². The molecule has 2 aliphatic heterocycles. The molecule has 0 unspecified atom stereocenters. The zero-order valence-corrected chi connectivity index (χ0v) is 15.6. The number of rotatable bonds is 5. The van der Waals surface area contributed by atoms with Gasteiger partial charge in [-0.1, -0.05) is 30.3 Å². The number of hydrogen-bond donors (Lipinski definition) is 1. The standard InChI is InChI=1S/C17H16BrN3O3S/c18-14-6-11-13-8-20(12(7-15(19)22)16(11)25-14)17(23)21(13)24-9-10-4-2-1-3-5-10/h1-6,12-13H,7-9H2,(H2,19,22)/t12-,13-/m1/s1. The molecule has 1 aromatic heterocycles. The predicted octanol–water partition coefficient (Wildman–Crippen LogP) is 3.35. The lowest BCUT2D eigenvalue weighted by atomic mass is 9.97. The summed E-state index contributed by atoms with van der Waals surface area (Å²) in [7, 11) is 0. The number of fused-ring (bicyclic) bond motifs is 4. The number of primary amides is 1. The zero-order chi connectivity index (χ0) is 17.6. The summed E-state index contributed by atoms with van der Waals surface area (Å²) in [6, 6.07) is 11.0. The van der Waals surface area contributed by atoms with Crippen molar-refractivity contribution in [3.63, 3.8) is 0 Å². The van der Waals surface area contributed by atoms with Crippen molar-refractivity contribution in [1.29, 1.82) is 0 Å². The molecule has 0 radical (unpaired) electrons. The molecule has 2 atom stereocenters. The predicted molar refractivity (Wildman–Crippen MR) is 96.5 cm³/mol. The molecule has 1 aromatic carbocycles.